The molecule has 29 heavy (non-hydrogen) atoms. The number of halogens is 2. The summed E-state index contributed by atoms with van der Waals surface area (Å²) in [6.07, 6.45) is 5.03. The Morgan fingerprint density at radius 1 is 1.48 bits per heavy atom. The topological polar surface area (TPSA) is 122 Å². The van der Waals surface area contributed by atoms with E-state index >= 15 is 0 Å². The van der Waals surface area contributed by atoms with Gasteiger partial charge in [-0.2, -0.15) is 5.10 Å². The zero-order chi connectivity index (χ0) is 21.3. The van der Waals surface area contributed by atoms with E-state index in [1.807, 2.05) is 6.07 Å². The summed E-state index contributed by atoms with van der Waals surface area (Å²) in [5.74, 6) is -1.05. The van der Waals surface area contributed by atoms with Crippen molar-refractivity contribution in [1.29, 1.82) is 0 Å². The molecule has 0 bridgehead atoms. The number of unbranched alkanes of at least 4 members (excludes halogenated alkanes) is 1. The summed E-state index contributed by atoms with van der Waals surface area (Å²) in [4.78, 5) is 12.3. The van der Waals surface area contributed by atoms with Gasteiger partial charge in [-0.1, -0.05) is 42.6 Å². The van der Waals surface area contributed by atoms with Crippen molar-refractivity contribution in [3.63, 3.8) is 0 Å². The van der Waals surface area contributed by atoms with Crippen LogP contribution in [0.15, 0.2) is 30.9 Å². The first-order valence-corrected chi connectivity index (χ1v) is 9.62. The number of aromatic nitrogens is 3. The normalized spacial score (nSPS) is 20.9. The standard InChI is InChI=1S/C17H21Cl2N3O3.HNO3/c1-2-3-6-23-8-14-9-24-17(25-14,10-22-12-20-11-21-22)15-5-4-13(18)7-16(15)19;2-1(3)4/h4-5,7,11-12,14H,2-3,6,8-10H2,1H3;(H,2,3,4). The SMILES string of the molecule is CCCCOCC1COC(Cn2cncn2)(c2ccc(Cl)cc2Cl)O1.O=[N+]([O-])O. The van der Waals surface area contributed by atoms with Crippen LogP contribution in [0.3, 0.4) is 0 Å². The maximum absolute atomic E-state index is 8.36. The molecular weight excluding hydrogens is 427 g/mol. The summed E-state index contributed by atoms with van der Waals surface area (Å²) >= 11 is 12.4. The fraction of sp³-hybridized carbons (Fsp3) is 0.529. The highest BCUT2D eigenvalue weighted by molar-refractivity contribution is 6.35. The first-order valence-electron chi connectivity index (χ1n) is 8.87. The lowest BCUT2D eigenvalue weighted by atomic mass is 10.1. The lowest BCUT2D eigenvalue weighted by Gasteiger charge is -2.29. The average molecular weight is 449 g/mol. The monoisotopic (exact) mass is 448 g/mol. The van der Waals surface area contributed by atoms with Gasteiger partial charge in [-0.3, -0.25) is 0 Å². The molecular formula is C17H22Cl2N4O6. The average Bonchev–Trinajstić information content (AvgIpc) is 3.29. The molecule has 2 unspecified atom stereocenters. The van der Waals surface area contributed by atoms with E-state index in [-0.39, 0.29) is 6.10 Å². The van der Waals surface area contributed by atoms with Gasteiger partial charge in [-0.05, 0) is 18.6 Å². The smallest absolute Gasteiger partial charge is 0.291 e. The summed E-state index contributed by atoms with van der Waals surface area (Å²) in [6.45, 7) is 4.07. The van der Waals surface area contributed by atoms with E-state index in [0.717, 1.165) is 12.8 Å². The van der Waals surface area contributed by atoms with Gasteiger partial charge in [0.05, 0.1) is 18.2 Å². The van der Waals surface area contributed by atoms with Crippen molar-refractivity contribution in [3.05, 3.63) is 56.6 Å². The van der Waals surface area contributed by atoms with E-state index in [2.05, 4.69) is 17.0 Å². The Labute approximate surface area is 177 Å². The second-order valence-corrected chi connectivity index (χ2v) is 7.03. The minimum atomic E-state index is -1.50. The predicted molar refractivity (Wildman–Crippen MR) is 103 cm³/mol. The summed E-state index contributed by atoms with van der Waals surface area (Å²) in [7, 11) is 0. The van der Waals surface area contributed by atoms with E-state index in [0.29, 0.717) is 42.0 Å². The highest BCUT2D eigenvalue weighted by atomic mass is 35.5. The molecule has 1 aliphatic rings. The third-order valence-electron chi connectivity index (χ3n) is 3.98. The van der Waals surface area contributed by atoms with Gasteiger partial charge in [-0.25, -0.2) is 9.67 Å². The molecule has 2 heterocycles. The Hall–Kier alpha value is -1.98. The van der Waals surface area contributed by atoms with Crippen molar-refractivity contribution in [3.8, 4) is 0 Å². The molecule has 0 saturated carbocycles. The first-order chi connectivity index (χ1) is 13.9. The molecule has 1 aromatic heterocycles. The van der Waals surface area contributed by atoms with Gasteiger partial charge < -0.3 is 19.4 Å². The molecule has 0 amide bonds. The lowest BCUT2D eigenvalue weighted by molar-refractivity contribution is -0.742. The van der Waals surface area contributed by atoms with Gasteiger partial charge in [0.2, 0.25) is 5.79 Å². The van der Waals surface area contributed by atoms with Crippen LogP contribution in [0.5, 0.6) is 0 Å². The Balaban J connectivity index is 0.000000687. The maximum Gasteiger partial charge on any atom is 0.291 e. The molecule has 12 heteroatoms. The quantitative estimate of drug-likeness (QED) is 0.370. The number of hydrogen-bond acceptors (Lipinski definition) is 7. The van der Waals surface area contributed by atoms with Crippen LogP contribution in [0.1, 0.15) is 25.3 Å². The van der Waals surface area contributed by atoms with Crippen LogP contribution in [0, 0.1) is 10.1 Å². The summed E-state index contributed by atoms with van der Waals surface area (Å²) in [5.41, 5.74) is 0.713. The van der Waals surface area contributed by atoms with Gasteiger partial charge in [0.25, 0.3) is 5.09 Å². The molecule has 3 rings (SSSR count). The van der Waals surface area contributed by atoms with Gasteiger partial charge in [-0.15, -0.1) is 10.1 Å². The second kappa shape index (κ2) is 11.3. The molecule has 1 fully saturated rings. The fourth-order valence-corrected chi connectivity index (χ4v) is 3.30. The molecule has 1 aliphatic heterocycles. The van der Waals surface area contributed by atoms with E-state index in [9.17, 15) is 0 Å². The van der Waals surface area contributed by atoms with Crippen molar-refractivity contribution in [2.24, 2.45) is 0 Å². The predicted octanol–water partition coefficient (Wildman–Crippen LogP) is 3.32. The molecule has 1 saturated heterocycles. The van der Waals surface area contributed by atoms with E-state index in [4.69, 9.17) is 52.7 Å². The Morgan fingerprint density at radius 3 is 2.86 bits per heavy atom. The summed E-state index contributed by atoms with van der Waals surface area (Å²) in [6, 6.07) is 5.27. The van der Waals surface area contributed by atoms with Crippen LogP contribution in [0.2, 0.25) is 10.0 Å². The van der Waals surface area contributed by atoms with E-state index < -0.39 is 10.9 Å². The molecule has 1 N–H and O–H groups in total. The van der Waals surface area contributed by atoms with Crippen molar-refractivity contribution < 1.29 is 24.5 Å². The Bertz CT molecular complexity index is 775. The molecule has 0 radical (unpaired) electrons. The second-order valence-electron chi connectivity index (χ2n) is 6.19. The number of ether oxygens (including phenoxy) is 3. The highest BCUT2D eigenvalue weighted by Crippen LogP contribution is 2.40. The first kappa shape index (κ1) is 23.3. The zero-order valence-electron chi connectivity index (χ0n) is 15.7. The van der Waals surface area contributed by atoms with Crippen LogP contribution in [-0.2, 0) is 26.5 Å². The van der Waals surface area contributed by atoms with Crippen molar-refractivity contribution >= 4 is 23.2 Å². The van der Waals surface area contributed by atoms with Crippen molar-refractivity contribution in [2.75, 3.05) is 19.8 Å². The van der Waals surface area contributed by atoms with Gasteiger partial charge >= 0.3 is 0 Å². The molecule has 1 aromatic carbocycles. The van der Waals surface area contributed by atoms with Gasteiger partial charge in [0.1, 0.15) is 25.3 Å². The van der Waals surface area contributed by atoms with Gasteiger partial charge in [0.15, 0.2) is 0 Å². The third kappa shape index (κ3) is 7.09. The number of benzene rings is 1. The minimum Gasteiger partial charge on any atom is -0.379 e. The molecule has 0 aliphatic carbocycles. The van der Waals surface area contributed by atoms with Crippen molar-refractivity contribution in [2.45, 2.75) is 38.2 Å². The maximum atomic E-state index is 8.36. The number of hydrogen-bond donors (Lipinski definition) is 1. The van der Waals surface area contributed by atoms with E-state index in [1.165, 1.54) is 6.33 Å². The number of rotatable bonds is 8. The number of nitrogens with zero attached hydrogens (tertiary/aromatic N) is 4. The molecule has 2 aromatic rings. The summed E-state index contributed by atoms with van der Waals surface area (Å²) in [5, 5.41) is 18.8. The van der Waals surface area contributed by atoms with Crippen LogP contribution in [0.4, 0.5) is 0 Å². The van der Waals surface area contributed by atoms with Gasteiger partial charge in [0, 0.05) is 17.2 Å². The van der Waals surface area contributed by atoms with E-state index in [1.54, 1.807) is 23.1 Å². The lowest BCUT2D eigenvalue weighted by Crippen LogP contribution is -2.35. The van der Waals surface area contributed by atoms with Crippen molar-refractivity contribution in [1.82, 2.24) is 14.8 Å². The zero-order valence-corrected chi connectivity index (χ0v) is 17.3. The third-order valence-corrected chi connectivity index (χ3v) is 4.53. The largest absolute Gasteiger partial charge is 0.379 e. The highest BCUT2D eigenvalue weighted by Gasteiger charge is 2.45. The van der Waals surface area contributed by atoms with Crippen LogP contribution in [0.25, 0.3) is 0 Å². The van der Waals surface area contributed by atoms with Crippen LogP contribution < -0.4 is 0 Å². The minimum absolute atomic E-state index is 0.174. The Morgan fingerprint density at radius 2 is 2.24 bits per heavy atom. The fourth-order valence-electron chi connectivity index (χ4n) is 2.74. The summed E-state index contributed by atoms with van der Waals surface area (Å²) < 4.78 is 19.7. The molecule has 0 spiro atoms. The van der Waals surface area contributed by atoms with Crippen LogP contribution in [-0.4, -0.2) is 51.0 Å². The molecule has 2 atom stereocenters. The van der Waals surface area contributed by atoms with Crippen LogP contribution >= 0.6 is 23.2 Å². The Kier molecular flexibility index (Phi) is 9.05. The molecule has 10 nitrogen and oxygen atoms in total. The molecule has 160 valence electrons.